The van der Waals surface area contributed by atoms with E-state index in [1.165, 1.54) is 31.0 Å². The van der Waals surface area contributed by atoms with Crippen LogP contribution in [0.3, 0.4) is 0 Å². The van der Waals surface area contributed by atoms with Gasteiger partial charge in [-0.2, -0.15) is 4.31 Å². The minimum atomic E-state index is -3.68. The van der Waals surface area contributed by atoms with E-state index in [0.29, 0.717) is 36.7 Å². The van der Waals surface area contributed by atoms with Gasteiger partial charge in [-0.3, -0.25) is 0 Å². The summed E-state index contributed by atoms with van der Waals surface area (Å²) >= 11 is 0. The number of aromatic nitrogens is 2. The van der Waals surface area contributed by atoms with E-state index in [1.54, 1.807) is 34.7 Å². The summed E-state index contributed by atoms with van der Waals surface area (Å²) in [6, 6.07) is 4.78. The van der Waals surface area contributed by atoms with E-state index in [9.17, 15) is 13.2 Å². The SMILES string of the molecule is COc1cc(NC(=O)N2CCCN(S(=O)(=O)c3cn(C)cn3)CC2)cc(OC)c1. The molecule has 1 saturated heterocycles. The highest BCUT2D eigenvalue weighted by molar-refractivity contribution is 7.89. The van der Waals surface area contributed by atoms with Gasteiger partial charge in [0.15, 0.2) is 5.03 Å². The first kappa shape index (κ1) is 20.9. The monoisotopic (exact) mass is 423 g/mol. The predicted octanol–water partition coefficient (Wildman–Crippen LogP) is 1.37. The fraction of sp³-hybridized carbons (Fsp3) is 0.444. The number of carbonyl (C=O) groups excluding carboxylic acids is 1. The first-order chi connectivity index (χ1) is 13.8. The van der Waals surface area contributed by atoms with Gasteiger partial charge in [0.25, 0.3) is 10.0 Å². The van der Waals surface area contributed by atoms with Gasteiger partial charge in [0.2, 0.25) is 0 Å². The largest absolute Gasteiger partial charge is 0.497 e. The van der Waals surface area contributed by atoms with Gasteiger partial charge in [0, 0.05) is 63.3 Å². The molecule has 0 atom stereocenters. The normalized spacial score (nSPS) is 15.6. The number of aryl methyl sites for hydroxylation is 1. The average molecular weight is 423 g/mol. The van der Waals surface area contributed by atoms with E-state index in [-0.39, 0.29) is 24.1 Å². The van der Waals surface area contributed by atoms with Gasteiger partial charge in [0.1, 0.15) is 11.5 Å². The second kappa shape index (κ2) is 8.70. The highest BCUT2D eigenvalue weighted by Gasteiger charge is 2.29. The van der Waals surface area contributed by atoms with Crippen LogP contribution in [-0.2, 0) is 17.1 Å². The van der Waals surface area contributed by atoms with Crippen molar-refractivity contribution in [2.24, 2.45) is 7.05 Å². The van der Waals surface area contributed by atoms with Crippen LogP contribution >= 0.6 is 0 Å². The lowest BCUT2D eigenvalue weighted by Gasteiger charge is -2.22. The van der Waals surface area contributed by atoms with E-state index in [2.05, 4.69) is 10.3 Å². The van der Waals surface area contributed by atoms with Crippen LogP contribution in [0.1, 0.15) is 6.42 Å². The van der Waals surface area contributed by atoms with Crippen LogP contribution in [0.25, 0.3) is 0 Å². The average Bonchev–Trinajstić information content (AvgIpc) is 2.99. The van der Waals surface area contributed by atoms with Crippen molar-refractivity contribution >= 4 is 21.7 Å². The van der Waals surface area contributed by atoms with E-state index in [0.717, 1.165) is 0 Å². The number of carbonyl (C=O) groups is 1. The molecule has 0 radical (unpaired) electrons. The summed E-state index contributed by atoms with van der Waals surface area (Å²) in [4.78, 5) is 18.2. The standard InChI is InChI=1S/C18H25N5O5S/c1-21-12-17(19-13-21)29(25,26)23-6-4-5-22(7-8-23)18(24)20-14-9-15(27-2)11-16(10-14)28-3/h9-13H,4-8H2,1-3H3,(H,20,24). The molecule has 1 aromatic heterocycles. The number of sulfonamides is 1. The third-order valence-electron chi connectivity index (χ3n) is 4.63. The van der Waals surface area contributed by atoms with E-state index < -0.39 is 10.0 Å². The molecule has 3 rings (SSSR count). The summed E-state index contributed by atoms with van der Waals surface area (Å²) in [5.41, 5.74) is 0.536. The number of nitrogens with zero attached hydrogens (tertiary/aromatic N) is 4. The van der Waals surface area contributed by atoms with Crippen molar-refractivity contribution in [3.63, 3.8) is 0 Å². The van der Waals surface area contributed by atoms with Crippen LogP contribution < -0.4 is 14.8 Å². The molecule has 1 aliphatic rings. The van der Waals surface area contributed by atoms with Crippen molar-refractivity contribution in [3.05, 3.63) is 30.7 Å². The highest BCUT2D eigenvalue weighted by atomic mass is 32.2. The Bertz CT molecular complexity index is 953. The third kappa shape index (κ3) is 4.80. The van der Waals surface area contributed by atoms with Gasteiger partial charge in [0.05, 0.1) is 20.5 Å². The topological polar surface area (TPSA) is 106 Å². The molecule has 1 fully saturated rings. The van der Waals surface area contributed by atoms with Gasteiger partial charge in [-0.15, -0.1) is 0 Å². The zero-order valence-corrected chi connectivity index (χ0v) is 17.5. The minimum absolute atomic E-state index is 0.0152. The zero-order chi connectivity index (χ0) is 21.0. The second-order valence-corrected chi connectivity index (χ2v) is 8.54. The quantitative estimate of drug-likeness (QED) is 0.779. The number of amides is 2. The van der Waals surface area contributed by atoms with Crippen LogP contribution in [0.15, 0.2) is 35.7 Å². The molecule has 10 nitrogen and oxygen atoms in total. The van der Waals surface area contributed by atoms with Crippen LogP contribution in [0.4, 0.5) is 10.5 Å². The molecule has 0 saturated carbocycles. The number of nitrogens with one attached hydrogen (secondary N) is 1. The van der Waals surface area contributed by atoms with Gasteiger partial charge < -0.3 is 24.3 Å². The van der Waals surface area contributed by atoms with Gasteiger partial charge in [-0.1, -0.05) is 0 Å². The lowest BCUT2D eigenvalue weighted by atomic mass is 10.2. The van der Waals surface area contributed by atoms with Crippen molar-refractivity contribution in [3.8, 4) is 11.5 Å². The highest BCUT2D eigenvalue weighted by Crippen LogP contribution is 2.26. The van der Waals surface area contributed by atoms with Crippen LogP contribution in [0.5, 0.6) is 11.5 Å². The van der Waals surface area contributed by atoms with Crippen molar-refractivity contribution in [1.29, 1.82) is 0 Å². The maximum atomic E-state index is 12.8. The Morgan fingerprint density at radius 2 is 1.76 bits per heavy atom. The molecule has 1 aliphatic heterocycles. The Balaban J connectivity index is 1.67. The maximum Gasteiger partial charge on any atom is 0.321 e. The van der Waals surface area contributed by atoms with Crippen molar-refractivity contribution < 1.29 is 22.7 Å². The smallest absolute Gasteiger partial charge is 0.321 e. The molecule has 0 unspecified atom stereocenters. The number of urea groups is 1. The number of anilines is 1. The molecule has 0 spiro atoms. The molecule has 2 heterocycles. The Hall–Kier alpha value is -2.79. The molecule has 11 heteroatoms. The number of imidazole rings is 1. The van der Waals surface area contributed by atoms with E-state index in [4.69, 9.17) is 9.47 Å². The first-order valence-electron chi connectivity index (χ1n) is 9.10. The number of hydrogen-bond acceptors (Lipinski definition) is 6. The molecular weight excluding hydrogens is 398 g/mol. The summed E-state index contributed by atoms with van der Waals surface area (Å²) in [5, 5.41) is 2.84. The summed E-state index contributed by atoms with van der Waals surface area (Å²) < 4.78 is 38.9. The Morgan fingerprint density at radius 3 is 2.34 bits per heavy atom. The Kier molecular flexibility index (Phi) is 6.28. The van der Waals surface area contributed by atoms with Crippen molar-refractivity contribution in [2.45, 2.75) is 11.4 Å². The fourth-order valence-electron chi connectivity index (χ4n) is 3.07. The summed E-state index contributed by atoms with van der Waals surface area (Å²) in [6.07, 6.45) is 3.45. The molecule has 1 aromatic carbocycles. The Morgan fingerprint density at radius 1 is 1.07 bits per heavy atom. The molecule has 2 amide bonds. The zero-order valence-electron chi connectivity index (χ0n) is 16.7. The molecular formula is C18H25N5O5S. The number of rotatable bonds is 5. The van der Waals surface area contributed by atoms with Crippen molar-refractivity contribution in [2.75, 3.05) is 45.7 Å². The minimum Gasteiger partial charge on any atom is -0.497 e. The molecule has 2 aromatic rings. The van der Waals surface area contributed by atoms with Crippen molar-refractivity contribution in [1.82, 2.24) is 18.8 Å². The van der Waals surface area contributed by atoms with Gasteiger partial charge in [-0.25, -0.2) is 18.2 Å². The number of benzene rings is 1. The van der Waals surface area contributed by atoms with E-state index >= 15 is 0 Å². The molecule has 0 bridgehead atoms. The maximum absolute atomic E-state index is 12.8. The molecule has 1 N–H and O–H groups in total. The van der Waals surface area contributed by atoms with Crippen LogP contribution in [0, 0.1) is 0 Å². The summed E-state index contributed by atoms with van der Waals surface area (Å²) in [6.45, 7) is 1.25. The molecule has 0 aliphatic carbocycles. The number of hydrogen-bond donors (Lipinski definition) is 1. The predicted molar refractivity (Wildman–Crippen MR) is 107 cm³/mol. The van der Waals surface area contributed by atoms with Crippen LogP contribution in [-0.4, -0.2) is 73.6 Å². The lowest BCUT2D eigenvalue weighted by Crippen LogP contribution is -2.39. The third-order valence-corrected chi connectivity index (χ3v) is 6.41. The summed E-state index contributed by atoms with van der Waals surface area (Å²) in [7, 11) is 1.10. The number of methoxy groups -OCH3 is 2. The van der Waals surface area contributed by atoms with Crippen LogP contribution in [0.2, 0.25) is 0 Å². The van der Waals surface area contributed by atoms with Gasteiger partial charge in [-0.05, 0) is 6.42 Å². The van der Waals surface area contributed by atoms with Gasteiger partial charge >= 0.3 is 6.03 Å². The number of ether oxygens (including phenoxy) is 2. The fourth-order valence-corrected chi connectivity index (χ4v) is 4.51. The Labute approximate surface area is 170 Å². The van der Waals surface area contributed by atoms with E-state index in [1.807, 2.05) is 0 Å². The lowest BCUT2D eigenvalue weighted by molar-refractivity contribution is 0.214. The second-order valence-electron chi connectivity index (χ2n) is 6.65. The molecule has 29 heavy (non-hydrogen) atoms. The summed E-state index contributed by atoms with van der Waals surface area (Å²) in [5.74, 6) is 1.12. The molecule has 158 valence electrons. The first-order valence-corrected chi connectivity index (χ1v) is 10.5.